The smallest absolute Gasteiger partial charge is 0.148 e. The molecule has 2 aromatic heterocycles. The van der Waals surface area contributed by atoms with E-state index in [1.165, 1.54) is 4.88 Å². The van der Waals surface area contributed by atoms with Crippen molar-refractivity contribution in [1.82, 2.24) is 14.8 Å². The monoisotopic (exact) mass is 265 g/mol. The van der Waals surface area contributed by atoms with Gasteiger partial charge in [0.25, 0.3) is 0 Å². The highest BCUT2D eigenvalue weighted by atomic mass is 32.1. The average Bonchev–Trinajstić information content (AvgIpc) is 2.88. The first-order chi connectivity index (χ1) is 8.52. The van der Waals surface area contributed by atoms with Gasteiger partial charge in [0.05, 0.1) is 17.4 Å². The van der Waals surface area contributed by atoms with Crippen LogP contribution in [0.1, 0.15) is 35.5 Å². The lowest BCUT2D eigenvalue weighted by Crippen LogP contribution is -2.12. The molecule has 6 heteroatoms. The summed E-state index contributed by atoms with van der Waals surface area (Å²) in [6.45, 7) is 8.91. The lowest BCUT2D eigenvalue weighted by Gasteiger charge is -2.14. The molecule has 2 rings (SSSR count). The van der Waals surface area contributed by atoms with E-state index in [4.69, 9.17) is 5.73 Å². The highest BCUT2D eigenvalue weighted by molar-refractivity contribution is 7.11. The minimum absolute atomic E-state index is 0.132. The first kappa shape index (κ1) is 12.9. The molecule has 0 radical (unpaired) electrons. The molecule has 0 aromatic carbocycles. The molecule has 1 unspecified atom stereocenters. The third-order valence-electron chi connectivity index (χ3n) is 2.84. The second kappa shape index (κ2) is 4.97. The Kier molecular flexibility index (Phi) is 3.56. The first-order valence-corrected chi connectivity index (χ1v) is 6.86. The summed E-state index contributed by atoms with van der Waals surface area (Å²) < 4.78 is 1.89. The topological polar surface area (TPSA) is 68.8 Å². The fourth-order valence-corrected chi connectivity index (χ4v) is 2.59. The Bertz CT molecular complexity index is 543. The number of nitrogens with one attached hydrogen (secondary N) is 1. The summed E-state index contributed by atoms with van der Waals surface area (Å²) >= 11 is 1.70. The molecular weight excluding hydrogens is 246 g/mol. The molecule has 5 nitrogen and oxygen atoms in total. The minimum atomic E-state index is 0.132. The number of nitrogens with zero attached hydrogens (tertiary/aromatic N) is 3. The van der Waals surface area contributed by atoms with Crippen LogP contribution in [0.5, 0.6) is 0 Å². The molecule has 18 heavy (non-hydrogen) atoms. The predicted octanol–water partition coefficient (Wildman–Crippen LogP) is 2.73. The minimum Gasteiger partial charge on any atom is -0.394 e. The van der Waals surface area contributed by atoms with Crippen LogP contribution in [0.4, 0.5) is 11.5 Å². The predicted molar refractivity (Wildman–Crippen MR) is 75.9 cm³/mol. The van der Waals surface area contributed by atoms with Crippen molar-refractivity contribution in [3.63, 3.8) is 0 Å². The fourth-order valence-electron chi connectivity index (χ4n) is 1.82. The fraction of sp³-hybridized carbons (Fsp3) is 0.500. The summed E-state index contributed by atoms with van der Waals surface area (Å²) in [5.41, 5.74) is 7.63. The Hall–Kier alpha value is -1.56. The van der Waals surface area contributed by atoms with Crippen molar-refractivity contribution in [2.75, 3.05) is 11.1 Å². The molecule has 0 spiro atoms. The van der Waals surface area contributed by atoms with Crippen molar-refractivity contribution in [2.24, 2.45) is 0 Å². The highest BCUT2D eigenvalue weighted by Crippen LogP contribution is 2.28. The maximum Gasteiger partial charge on any atom is 0.148 e. The van der Waals surface area contributed by atoms with Gasteiger partial charge in [-0.05, 0) is 27.7 Å². The van der Waals surface area contributed by atoms with Gasteiger partial charge in [0.15, 0.2) is 0 Å². The number of hydrogen-bond acceptors (Lipinski definition) is 5. The summed E-state index contributed by atoms with van der Waals surface area (Å²) in [6.07, 6.45) is 1.89. The van der Waals surface area contributed by atoms with Gasteiger partial charge in [-0.15, -0.1) is 11.3 Å². The SMILES string of the molecule is CCn1nc(C)c(N)c1NC(C)c1ncc(C)s1. The average molecular weight is 265 g/mol. The molecule has 3 N–H and O–H groups in total. The van der Waals surface area contributed by atoms with Crippen LogP contribution >= 0.6 is 11.3 Å². The third kappa shape index (κ3) is 2.33. The van der Waals surface area contributed by atoms with Gasteiger partial charge in [-0.25, -0.2) is 9.67 Å². The van der Waals surface area contributed by atoms with Gasteiger partial charge in [-0.3, -0.25) is 0 Å². The van der Waals surface area contributed by atoms with Crippen molar-refractivity contribution in [2.45, 2.75) is 40.3 Å². The Morgan fingerprint density at radius 3 is 2.78 bits per heavy atom. The number of hydrogen-bond donors (Lipinski definition) is 2. The Morgan fingerprint density at radius 1 is 1.50 bits per heavy atom. The molecular formula is C12H19N5S. The van der Waals surface area contributed by atoms with E-state index in [0.717, 1.165) is 28.8 Å². The van der Waals surface area contributed by atoms with Crippen molar-refractivity contribution in [3.8, 4) is 0 Å². The molecule has 0 amide bonds. The van der Waals surface area contributed by atoms with E-state index in [1.807, 2.05) is 17.8 Å². The molecule has 0 saturated heterocycles. The number of aromatic nitrogens is 3. The number of aryl methyl sites for hydroxylation is 3. The van der Waals surface area contributed by atoms with Gasteiger partial charge < -0.3 is 11.1 Å². The third-order valence-corrected chi connectivity index (χ3v) is 3.93. The zero-order chi connectivity index (χ0) is 13.3. The van der Waals surface area contributed by atoms with Crippen molar-refractivity contribution in [3.05, 3.63) is 21.8 Å². The molecule has 0 aliphatic carbocycles. The maximum absolute atomic E-state index is 6.05. The number of anilines is 2. The van der Waals surface area contributed by atoms with E-state index >= 15 is 0 Å². The van der Waals surface area contributed by atoms with Gasteiger partial charge >= 0.3 is 0 Å². The summed E-state index contributed by atoms with van der Waals surface area (Å²) in [7, 11) is 0. The van der Waals surface area contributed by atoms with Gasteiger partial charge in [0, 0.05) is 17.6 Å². The number of nitrogen functional groups attached to an aromatic ring is 1. The van der Waals surface area contributed by atoms with Gasteiger partial charge in [-0.1, -0.05) is 0 Å². The number of thiazole rings is 1. The largest absolute Gasteiger partial charge is 0.394 e. The molecule has 98 valence electrons. The van der Waals surface area contributed by atoms with E-state index < -0.39 is 0 Å². The Labute approximate surface area is 111 Å². The van der Waals surface area contributed by atoms with Crippen LogP contribution in [-0.4, -0.2) is 14.8 Å². The van der Waals surface area contributed by atoms with Crippen molar-refractivity contribution >= 4 is 22.8 Å². The highest BCUT2D eigenvalue weighted by Gasteiger charge is 2.16. The lowest BCUT2D eigenvalue weighted by molar-refractivity contribution is 0.651. The van der Waals surface area contributed by atoms with Gasteiger partial charge in [0.2, 0.25) is 0 Å². The summed E-state index contributed by atoms with van der Waals surface area (Å²) in [5, 5.41) is 8.86. The van der Waals surface area contributed by atoms with Crippen LogP contribution in [0, 0.1) is 13.8 Å². The Balaban J connectivity index is 2.23. The zero-order valence-electron chi connectivity index (χ0n) is 11.2. The van der Waals surface area contributed by atoms with Gasteiger partial charge in [0.1, 0.15) is 10.8 Å². The molecule has 0 saturated carbocycles. The van der Waals surface area contributed by atoms with E-state index in [9.17, 15) is 0 Å². The second-order valence-electron chi connectivity index (χ2n) is 4.34. The van der Waals surface area contributed by atoms with Crippen LogP contribution in [-0.2, 0) is 6.54 Å². The van der Waals surface area contributed by atoms with E-state index in [2.05, 4.69) is 36.2 Å². The second-order valence-corrected chi connectivity index (χ2v) is 5.60. The normalized spacial score (nSPS) is 12.7. The van der Waals surface area contributed by atoms with E-state index in [0.29, 0.717) is 0 Å². The lowest BCUT2D eigenvalue weighted by atomic mass is 10.3. The molecule has 0 fully saturated rings. The van der Waals surface area contributed by atoms with E-state index in [1.54, 1.807) is 11.3 Å². The van der Waals surface area contributed by atoms with Gasteiger partial charge in [-0.2, -0.15) is 5.10 Å². The van der Waals surface area contributed by atoms with Crippen LogP contribution in [0.2, 0.25) is 0 Å². The van der Waals surface area contributed by atoms with Crippen LogP contribution < -0.4 is 11.1 Å². The summed E-state index contributed by atoms with van der Waals surface area (Å²) in [6, 6.07) is 0.132. The molecule has 0 bridgehead atoms. The first-order valence-electron chi connectivity index (χ1n) is 6.04. The summed E-state index contributed by atoms with van der Waals surface area (Å²) in [5.74, 6) is 0.885. The van der Waals surface area contributed by atoms with Crippen molar-refractivity contribution < 1.29 is 0 Å². The maximum atomic E-state index is 6.05. The number of rotatable bonds is 4. The van der Waals surface area contributed by atoms with Crippen LogP contribution in [0.15, 0.2) is 6.20 Å². The van der Waals surface area contributed by atoms with Crippen LogP contribution in [0.25, 0.3) is 0 Å². The molecule has 0 aliphatic heterocycles. The van der Waals surface area contributed by atoms with Crippen molar-refractivity contribution in [1.29, 1.82) is 0 Å². The molecule has 1 atom stereocenters. The standard InChI is InChI=1S/C12H19N5S/c1-5-17-11(10(13)8(3)16-17)15-9(4)12-14-6-7(2)18-12/h6,9,15H,5,13H2,1-4H3. The zero-order valence-corrected chi connectivity index (χ0v) is 12.0. The summed E-state index contributed by atoms with van der Waals surface area (Å²) in [4.78, 5) is 5.60. The quantitative estimate of drug-likeness (QED) is 0.892. The van der Waals surface area contributed by atoms with Crippen LogP contribution in [0.3, 0.4) is 0 Å². The number of nitrogens with two attached hydrogens (primary N) is 1. The molecule has 0 aliphatic rings. The Morgan fingerprint density at radius 2 is 2.22 bits per heavy atom. The van der Waals surface area contributed by atoms with E-state index in [-0.39, 0.29) is 6.04 Å². The molecule has 2 aromatic rings. The molecule has 2 heterocycles.